The molecule has 4 fully saturated rings. The van der Waals surface area contributed by atoms with Crippen molar-refractivity contribution in [3.63, 3.8) is 0 Å². The van der Waals surface area contributed by atoms with Crippen LogP contribution >= 0.6 is 0 Å². The van der Waals surface area contributed by atoms with Crippen LogP contribution in [-0.2, 0) is 4.79 Å². The zero-order valence-corrected chi connectivity index (χ0v) is 26.9. The molecule has 0 radical (unpaired) electrons. The van der Waals surface area contributed by atoms with E-state index in [1.807, 2.05) is 0 Å². The third kappa shape index (κ3) is 6.88. The van der Waals surface area contributed by atoms with Crippen LogP contribution < -0.4 is 0 Å². The fourth-order valence-electron chi connectivity index (χ4n) is 11.2. The lowest BCUT2D eigenvalue weighted by atomic mass is 9.40. The van der Waals surface area contributed by atoms with Gasteiger partial charge in [-0.15, -0.1) is 0 Å². The van der Waals surface area contributed by atoms with E-state index in [1.54, 1.807) is 0 Å². The van der Waals surface area contributed by atoms with Crippen LogP contribution in [0.25, 0.3) is 0 Å². The van der Waals surface area contributed by atoms with Crippen LogP contribution in [0.4, 0.5) is 0 Å². The van der Waals surface area contributed by atoms with Crippen LogP contribution in [0.15, 0.2) is 0 Å². The lowest BCUT2D eigenvalue weighted by molar-refractivity contribution is -0.223. The van der Waals surface area contributed by atoms with Gasteiger partial charge in [0.2, 0.25) is 0 Å². The summed E-state index contributed by atoms with van der Waals surface area (Å²) in [6.45, 7) is 9.19. The van der Waals surface area contributed by atoms with Crippen LogP contribution in [0.5, 0.6) is 0 Å². The molecule has 5 heteroatoms. The SMILES string of the molecule is CCCCCCCCCCCCC1C[C@@H](O)C[C@H]2C[C@@H](O)C3C(C[C@H](O)[C@@]4(C)C3CC[C@@H]4[C@H](C)CCC(=O)O)[C@@]12C. The first-order valence-corrected chi connectivity index (χ1v) is 17.8. The average Bonchev–Trinajstić information content (AvgIpc) is 3.28. The Balaban J connectivity index is 1.42. The molecule has 4 rings (SSSR count). The van der Waals surface area contributed by atoms with E-state index in [1.165, 1.54) is 64.2 Å². The highest BCUT2D eigenvalue weighted by molar-refractivity contribution is 5.66. The van der Waals surface area contributed by atoms with Crippen molar-refractivity contribution in [2.45, 2.75) is 168 Å². The number of unbranched alkanes of at least 4 members (excludes halogenated alkanes) is 9. The number of aliphatic carboxylic acids is 1. The Hall–Kier alpha value is -0.650. The van der Waals surface area contributed by atoms with Gasteiger partial charge in [-0.05, 0) is 104 Å². The lowest BCUT2D eigenvalue weighted by Gasteiger charge is -2.65. The van der Waals surface area contributed by atoms with Crippen LogP contribution in [0.2, 0.25) is 0 Å². The molecule has 4 unspecified atom stereocenters. The highest BCUT2D eigenvalue weighted by atomic mass is 16.4. The zero-order valence-electron chi connectivity index (χ0n) is 26.9. The molecule has 0 aromatic carbocycles. The van der Waals surface area contributed by atoms with Crippen molar-refractivity contribution < 1.29 is 25.2 Å². The first kappa shape index (κ1) is 33.2. The van der Waals surface area contributed by atoms with E-state index in [4.69, 9.17) is 0 Å². The number of carbonyl (C=O) groups is 1. The second kappa shape index (κ2) is 14.4. The Morgan fingerprint density at radius 3 is 2.07 bits per heavy atom. The molecule has 0 bridgehead atoms. The van der Waals surface area contributed by atoms with Gasteiger partial charge in [-0.1, -0.05) is 91.9 Å². The van der Waals surface area contributed by atoms with E-state index < -0.39 is 12.1 Å². The van der Waals surface area contributed by atoms with E-state index in [9.17, 15) is 25.2 Å². The molecule has 4 N–H and O–H groups in total. The Labute approximate surface area is 251 Å². The minimum Gasteiger partial charge on any atom is -0.481 e. The summed E-state index contributed by atoms with van der Waals surface area (Å²) < 4.78 is 0. The van der Waals surface area contributed by atoms with Gasteiger partial charge < -0.3 is 20.4 Å². The van der Waals surface area contributed by atoms with Crippen LogP contribution in [0, 0.1) is 52.3 Å². The number of carboxylic acids is 1. The molecule has 0 aromatic rings. The second-order valence-electron chi connectivity index (χ2n) is 15.7. The van der Waals surface area contributed by atoms with Crippen LogP contribution in [-0.4, -0.2) is 44.7 Å². The van der Waals surface area contributed by atoms with Crippen molar-refractivity contribution in [3.8, 4) is 0 Å². The van der Waals surface area contributed by atoms with Gasteiger partial charge in [0.05, 0.1) is 18.3 Å². The van der Waals surface area contributed by atoms with Gasteiger partial charge in [-0.2, -0.15) is 0 Å². The number of hydrogen-bond donors (Lipinski definition) is 4. The maximum atomic E-state index is 11.9. The zero-order chi connectivity index (χ0) is 29.8. The van der Waals surface area contributed by atoms with Gasteiger partial charge in [-0.25, -0.2) is 0 Å². The Kier molecular flexibility index (Phi) is 11.7. The first-order valence-electron chi connectivity index (χ1n) is 17.8. The molecule has 5 nitrogen and oxygen atoms in total. The number of aliphatic hydroxyl groups is 3. The van der Waals surface area contributed by atoms with Crippen molar-refractivity contribution in [1.29, 1.82) is 0 Å². The van der Waals surface area contributed by atoms with E-state index in [-0.39, 0.29) is 53.1 Å². The molecule has 12 atom stereocenters. The van der Waals surface area contributed by atoms with Crippen LogP contribution in [0.3, 0.4) is 0 Å². The summed E-state index contributed by atoms with van der Waals surface area (Å²) in [6.07, 6.45) is 19.5. The normalized spacial score (nSPS) is 42.8. The fraction of sp³-hybridized carbons (Fsp3) is 0.972. The summed E-state index contributed by atoms with van der Waals surface area (Å²) in [5.74, 6) is 1.36. The van der Waals surface area contributed by atoms with Gasteiger partial charge >= 0.3 is 5.97 Å². The van der Waals surface area contributed by atoms with E-state index in [2.05, 4.69) is 27.7 Å². The average molecular weight is 577 g/mol. The van der Waals surface area contributed by atoms with Gasteiger partial charge in [0.15, 0.2) is 0 Å². The summed E-state index contributed by atoms with van der Waals surface area (Å²) in [7, 11) is 0. The van der Waals surface area contributed by atoms with Gasteiger partial charge in [0.1, 0.15) is 0 Å². The fourth-order valence-corrected chi connectivity index (χ4v) is 11.2. The molecule has 0 aliphatic heterocycles. The predicted octanol–water partition coefficient (Wildman–Crippen LogP) is 7.99. The molecule has 41 heavy (non-hydrogen) atoms. The number of aliphatic hydroxyl groups excluding tert-OH is 3. The third-order valence-corrected chi connectivity index (χ3v) is 13.6. The van der Waals surface area contributed by atoms with Crippen molar-refractivity contribution >= 4 is 5.97 Å². The minimum absolute atomic E-state index is 0.0533. The molecule has 0 aromatic heterocycles. The molecular formula is C36H64O5. The molecule has 0 spiro atoms. The second-order valence-corrected chi connectivity index (χ2v) is 15.7. The summed E-state index contributed by atoms with van der Waals surface area (Å²) in [5, 5.41) is 43.8. The third-order valence-electron chi connectivity index (χ3n) is 13.6. The van der Waals surface area contributed by atoms with Crippen molar-refractivity contribution in [2.75, 3.05) is 0 Å². The van der Waals surface area contributed by atoms with E-state index in [0.717, 1.165) is 44.9 Å². The Morgan fingerprint density at radius 2 is 1.44 bits per heavy atom. The van der Waals surface area contributed by atoms with Crippen molar-refractivity contribution in [3.05, 3.63) is 0 Å². The summed E-state index contributed by atoms with van der Waals surface area (Å²) in [6, 6.07) is 0. The standard InChI is InChI=1S/C36H64O5/c1-5-6-7-8-9-10-11-12-13-14-15-25-20-27(37)21-26-22-31(38)34-29-18-17-28(24(2)16-19-33(40)41)36(29,4)32(39)23-30(34)35(25,26)3/h24-32,34,37-39H,5-23H2,1-4H3,(H,40,41)/t24-,25?,26+,27-,28-,29?,30?,31-,32+,34?,35+,36-/m1/s1. The highest BCUT2D eigenvalue weighted by Crippen LogP contribution is 2.69. The monoisotopic (exact) mass is 576 g/mol. The molecular weight excluding hydrogens is 512 g/mol. The van der Waals surface area contributed by atoms with Gasteiger partial charge in [0, 0.05) is 6.42 Å². The largest absolute Gasteiger partial charge is 0.481 e. The molecule has 0 saturated heterocycles. The molecule has 4 aliphatic rings. The molecule has 238 valence electrons. The van der Waals surface area contributed by atoms with Gasteiger partial charge in [-0.3, -0.25) is 4.79 Å². The number of fused-ring (bicyclic) bond motifs is 5. The van der Waals surface area contributed by atoms with Crippen molar-refractivity contribution in [1.82, 2.24) is 0 Å². The Morgan fingerprint density at radius 1 is 0.805 bits per heavy atom. The number of hydrogen-bond acceptors (Lipinski definition) is 4. The molecule has 4 saturated carbocycles. The topological polar surface area (TPSA) is 98.0 Å². The van der Waals surface area contributed by atoms with Crippen LogP contribution in [0.1, 0.15) is 150 Å². The maximum Gasteiger partial charge on any atom is 0.303 e. The van der Waals surface area contributed by atoms with E-state index >= 15 is 0 Å². The molecule has 0 heterocycles. The van der Waals surface area contributed by atoms with Gasteiger partial charge in [0.25, 0.3) is 0 Å². The lowest BCUT2D eigenvalue weighted by Crippen LogP contribution is -2.64. The number of rotatable bonds is 15. The number of carboxylic acid groups (broad SMARTS) is 1. The summed E-state index contributed by atoms with van der Waals surface area (Å²) in [4.78, 5) is 11.3. The first-order chi connectivity index (χ1) is 19.5. The maximum absolute atomic E-state index is 11.9. The quantitative estimate of drug-likeness (QED) is 0.148. The van der Waals surface area contributed by atoms with Crippen molar-refractivity contribution in [2.24, 2.45) is 52.3 Å². The van der Waals surface area contributed by atoms with E-state index in [0.29, 0.717) is 24.2 Å². The predicted molar refractivity (Wildman–Crippen MR) is 165 cm³/mol. The Bertz CT molecular complexity index is 831. The minimum atomic E-state index is -0.740. The molecule has 0 amide bonds. The summed E-state index contributed by atoms with van der Waals surface area (Å²) >= 11 is 0. The molecule has 4 aliphatic carbocycles. The smallest absolute Gasteiger partial charge is 0.303 e. The summed E-state index contributed by atoms with van der Waals surface area (Å²) in [5.41, 5.74) is -0.207. The highest BCUT2D eigenvalue weighted by Gasteiger charge is 2.67.